The van der Waals surface area contributed by atoms with Crippen LogP contribution in [0.1, 0.15) is 45.4 Å². The van der Waals surface area contributed by atoms with Gasteiger partial charge in [-0.15, -0.1) is 0 Å². The van der Waals surface area contributed by atoms with E-state index >= 15 is 0 Å². The fourth-order valence-electron chi connectivity index (χ4n) is 2.48. The van der Waals surface area contributed by atoms with Gasteiger partial charge < -0.3 is 15.5 Å². The van der Waals surface area contributed by atoms with Crippen molar-refractivity contribution in [1.29, 1.82) is 0 Å². The zero-order chi connectivity index (χ0) is 14.4. The maximum absolute atomic E-state index is 11.8. The van der Waals surface area contributed by atoms with Crippen LogP contribution in [0.5, 0.6) is 0 Å². The van der Waals surface area contributed by atoms with Gasteiger partial charge in [-0.3, -0.25) is 14.4 Å². The van der Waals surface area contributed by atoms with Gasteiger partial charge in [-0.25, -0.2) is 0 Å². The molecule has 1 saturated carbocycles. The largest absolute Gasteiger partial charge is 0.481 e. The van der Waals surface area contributed by atoms with Crippen molar-refractivity contribution in [3.05, 3.63) is 0 Å². The van der Waals surface area contributed by atoms with Crippen LogP contribution in [0.4, 0.5) is 0 Å². The summed E-state index contributed by atoms with van der Waals surface area (Å²) in [6, 6.07) is 0.0838. The molecular weight excluding hydrogens is 250 g/mol. The van der Waals surface area contributed by atoms with E-state index in [2.05, 4.69) is 12.2 Å². The molecule has 0 aromatic heterocycles. The van der Waals surface area contributed by atoms with Gasteiger partial charge in [-0.2, -0.15) is 0 Å². The standard InChI is InChI=1S/C13H21NO5/c1-8-4-2-3-5-10(8)14-11(15)6-9(13(18)19)7-12(16)17/h8-10H,2-7H2,1H3,(H,14,15)(H,16,17)(H,18,19). The van der Waals surface area contributed by atoms with Gasteiger partial charge in [0.1, 0.15) is 0 Å². The Kier molecular flexibility index (Phi) is 5.79. The molecule has 6 heteroatoms. The van der Waals surface area contributed by atoms with Gasteiger partial charge in [0.2, 0.25) is 5.91 Å². The second-order valence-electron chi connectivity index (χ2n) is 5.27. The lowest BCUT2D eigenvalue weighted by atomic mass is 9.85. The first-order valence-electron chi connectivity index (χ1n) is 6.64. The molecule has 3 unspecified atom stereocenters. The molecule has 1 fully saturated rings. The minimum absolute atomic E-state index is 0.0838. The molecule has 0 aromatic carbocycles. The molecule has 0 bridgehead atoms. The van der Waals surface area contributed by atoms with E-state index in [0.717, 1.165) is 25.7 Å². The second kappa shape index (κ2) is 7.11. The van der Waals surface area contributed by atoms with Gasteiger partial charge in [-0.1, -0.05) is 19.8 Å². The summed E-state index contributed by atoms with van der Waals surface area (Å²) in [6.45, 7) is 2.07. The van der Waals surface area contributed by atoms with E-state index in [4.69, 9.17) is 10.2 Å². The van der Waals surface area contributed by atoms with E-state index < -0.39 is 24.3 Å². The lowest BCUT2D eigenvalue weighted by molar-refractivity contribution is -0.149. The average molecular weight is 271 g/mol. The number of rotatable bonds is 6. The van der Waals surface area contributed by atoms with Crippen LogP contribution in [0.25, 0.3) is 0 Å². The summed E-state index contributed by atoms with van der Waals surface area (Å²) >= 11 is 0. The highest BCUT2D eigenvalue weighted by Crippen LogP contribution is 2.24. The van der Waals surface area contributed by atoms with E-state index in [1.807, 2.05) is 0 Å². The molecule has 19 heavy (non-hydrogen) atoms. The predicted octanol–water partition coefficient (Wildman–Crippen LogP) is 1.25. The van der Waals surface area contributed by atoms with E-state index in [1.54, 1.807) is 0 Å². The van der Waals surface area contributed by atoms with Crippen LogP contribution in [0, 0.1) is 11.8 Å². The first kappa shape index (κ1) is 15.5. The van der Waals surface area contributed by atoms with E-state index in [0.29, 0.717) is 5.92 Å². The van der Waals surface area contributed by atoms with Gasteiger partial charge in [0.15, 0.2) is 0 Å². The molecule has 1 aliphatic carbocycles. The first-order valence-corrected chi connectivity index (χ1v) is 6.64. The molecule has 1 rings (SSSR count). The summed E-state index contributed by atoms with van der Waals surface area (Å²) in [5.74, 6) is -3.58. The van der Waals surface area contributed by atoms with E-state index in [9.17, 15) is 14.4 Å². The lowest BCUT2D eigenvalue weighted by Crippen LogP contribution is -2.42. The molecule has 0 heterocycles. The highest BCUT2D eigenvalue weighted by Gasteiger charge is 2.27. The summed E-state index contributed by atoms with van der Waals surface area (Å²) in [6.07, 6.45) is 3.39. The van der Waals surface area contributed by atoms with Gasteiger partial charge in [0.05, 0.1) is 12.3 Å². The summed E-state index contributed by atoms with van der Waals surface area (Å²) in [7, 11) is 0. The molecule has 0 radical (unpaired) electrons. The predicted molar refractivity (Wildman–Crippen MR) is 67.6 cm³/mol. The average Bonchev–Trinajstić information content (AvgIpc) is 2.30. The van der Waals surface area contributed by atoms with Crippen LogP contribution >= 0.6 is 0 Å². The summed E-state index contributed by atoms with van der Waals surface area (Å²) < 4.78 is 0. The van der Waals surface area contributed by atoms with Crippen LogP contribution in [-0.4, -0.2) is 34.1 Å². The van der Waals surface area contributed by atoms with Crippen LogP contribution in [-0.2, 0) is 14.4 Å². The maximum Gasteiger partial charge on any atom is 0.307 e. The molecule has 6 nitrogen and oxygen atoms in total. The molecule has 0 spiro atoms. The molecule has 0 saturated heterocycles. The highest BCUT2D eigenvalue weighted by atomic mass is 16.4. The maximum atomic E-state index is 11.8. The van der Waals surface area contributed by atoms with Crippen molar-refractivity contribution >= 4 is 17.8 Å². The monoisotopic (exact) mass is 271 g/mol. The SMILES string of the molecule is CC1CCCCC1NC(=O)CC(CC(=O)O)C(=O)O. The van der Waals surface area contributed by atoms with Crippen LogP contribution < -0.4 is 5.32 Å². The Labute approximate surface area is 112 Å². The van der Waals surface area contributed by atoms with Crippen molar-refractivity contribution in [3.8, 4) is 0 Å². The minimum Gasteiger partial charge on any atom is -0.481 e. The number of hydrogen-bond donors (Lipinski definition) is 3. The van der Waals surface area contributed by atoms with Crippen molar-refractivity contribution in [3.63, 3.8) is 0 Å². The summed E-state index contributed by atoms with van der Waals surface area (Å²) in [5.41, 5.74) is 0. The Balaban J connectivity index is 2.47. The molecule has 0 aliphatic heterocycles. The number of nitrogens with one attached hydrogen (secondary N) is 1. The summed E-state index contributed by atoms with van der Waals surface area (Å²) in [5, 5.41) is 20.3. The quantitative estimate of drug-likeness (QED) is 0.674. The zero-order valence-corrected chi connectivity index (χ0v) is 11.1. The molecule has 1 amide bonds. The van der Waals surface area contributed by atoms with Crippen molar-refractivity contribution in [2.24, 2.45) is 11.8 Å². The topological polar surface area (TPSA) is 104 Å². The Morgan fingerprint density at radius 1 is 1.16 bits per heavy atom. The van der Waals surface area contributed by atoms with Crippen LogP contribution in [0.2, 0.25) is 0 Å². The van der Waals surface area contributed by atoms with E-state index in [1.165, 1.54) is 0 Å². The van der Waals surface area contributed by atoms with Crippen molar-refractivity contribution in [2.45, 2.75) is 51.5 Å². The Bertz CT molecular complexity index is 355. The molecule has 1 aliphatic rings. The number of carbonyl (C=O) groups is 3. The molecular formula is C13H21NO5. The van der Waals surface area contributed by atoms with Gasteiger partial charge in [-0.05, 0) is 18.8 Å². The number of carboxylic acids is 2. The Morgan fingerprint density at radius 2 is 1.79 bits per heavy atom. The van der Waals surface area contributed by atoms with Gasteiger partial charge in [0.25, 0.3) is 0 Å². The number of hydrogen-bond acceptors (Lipinski definition) is 3. The Hall–Kier alpha value is -1.59. The lowest BCUT2D eigenvalue weighted by Gasteiger charge is -2.29. The third-order valence-corrected chi connectivity index (χ3v) is 3.66. The number of amides is 1. The highest BCUT2D eigenvalue weighted by molar-refractivity contribution is 5.85. The second-order valence-corrected chi connectivity index (χ2v) is 5.27. The van der Waals surface area contributed by atoms with Crippen molar-refractivity contribution in [1.82, 2.24) is 5.32 Å². The van der Waals surface area contributed by atoms with Gasteiger partial charge >= 0.3 is 11.9 Å². The fraction of sp³-hybridized carbons (Fsp3) is 0.769. The van der Waals surface area contributed by atoms with Gasteiger partial charge in [0, 0.05) is 12.5 Å². The number of carbonyl (C=O) groups excluding carboxylic acids is 1. The van der Waals surface area contributed by atoms with Crippen LogP contribution in [0.3, 0.4) is 0 Å². The van der Waals surface area contributed by atoms with Crippen molar-refractivity contribution < 1.29 is 24.6 Å². The molecule has 0 aromatic rings. The number of carboxylic acid groups (broad SMARTS) is 2. The normalized spacial score (nSPS) is 24.5. The van der Waals surface area contributed by atoms with E-state index in [-0.39, 0.29) is 18.4 Å². The fourth-order valence-corrected chi connectivity index (χ4v) is 2.48. The van der Waals surface area contributed by atoms with Crippen molar-refractivity contribution in [2.75, 3.05) is 0 Å². The smallest absolute Gasteiger partial charge is 0.307 e. The molecule has 3 atom stereocenters. The summed E-state index contributed by atoms with van der Waals surface area (Å²) in [4.78, 5) is 33.2. The molecule has 3 N–H and O–H groups in total. The van der Waals surface area contributed by atoms with Crippen LogP contribution in [0.15, 0.2) is 0 Å². The number of aliphatic carboxylic acids is 2. The third-order valence-electron chi connectivity index (χ3n) is 3.66. The minimum atomic E-state index is -1.24. The molecule has 108 valence electrons. The first-order chi connectivity index (χ1) is 8.90. The Morgan fingerprint density at radius 3 is 2.32 bits per heavy atom. The third kappa shape index (κ3) is 5.28. The zero-order valence-electron chi connectivity index (χ0n) is 11.1.